The third-order valence-corrected chi connectivity index (χ3v) is 18.2. The van der Waals surface area contributed by atoms with E-state index in [1.54, 1.807) is 0 Å². The van der Waals surface area contributed by atoms with Crippen molar-refractivity contribution < 1.29 is 4.42 Å². The Labute approximate surface area is 501 Å². The van der Waals surface area contributed by atoms with E-state index in [0.29, 0.717) is 0 Å². The van der Waals surface area contributed by atoms with E-state index in [2.05, 4.69) is 315 Å². The minimum absolute atomic E-state index is 0.00291. The van der Waals surface area contributed by atoms with Gasteiger partial charge in [-0.25, -0.2) is 0 Å². The summed E-state index contributed by atoms with van der Waals surface area (Å²) in [5, 5.41) is 4.56. The molecule has 1 heterocycles. The number of allylic oxidation sites excluding steroid dienone is 5. The van der Waals surface area contributed by atoms with Crippen LogP contribution in [0.15, 0.2) is 260 Å². The quantitative estimate of drug-likeness (QED) is 0.127. The van der Waals surface area contributed by atoms with Crippen LogP contribution in [0.1, 0.15) is 98.5 Å². The van der Waals surface area contributed by atoms with Gasteiger partial charge in [-0.1, -0.05) is 212 Å². The van der Waals surface area contributed by atoms with Gasteiger partial charge < -0.3 is 14.2 Å². The van der Waals surface area contributed by atoms with Crippen molar-refractivity contribution in [2.45, 2.75) is 78.6 Å². The monoisotopic (exact) mass is 1100 g/mol. The summed E-state index contributed by atoms with van der Waals surface area (Å²) < 4.78 is 7.17. The molecule has 0 amide bonds. The molecule has 3 heteroatoms. The fraction of sp³-hybridized carbons (Fsp3) is 0.146. The van der Waals surface area contributed by atoms with Crippen molar-refractivity contribution in [1.29, 1.82) is 0 Å². The Morgan fingerprint density at radius 3 is 1.68 bits per heavy atom. The van der Waals surface area contributed by atoms with E-state index in [1.165, 1.54) is 89.0 Å². The Kier molecular flexibility index (Phi) is 12.7. The van der Waals surface area contributed by atoms with Crippen LogP contribution in [0.3, 0.4) is 0 Å². The van der Waals surface area contributed by atoms with Crippen LogP contribution in [0.5, 0.6) is 0 Å². The molecular formula is C82H70N2O. The van der Waals surface area contributed by atoms with Crippen LogP contribution in [0.2, 0.25) is 0 Å². The van der Waals surface area contributed by atoms with E-state index in [4.69, 9.17) is 4.42 Å². The molecule has 85 heavy (non-hydrogen) atoms. The largest absolute Gasteiger partial charge is 0.456 e. The lowest BCUT2D eigenvalue weighted by molar-refractivity contribution is 0.590. The first-order chi connectivity index (χ1) is 41.1. The molecular weight excluding hydrogens is 1030 g/mol. The highest BCUT2D eigenvalue weighted by atomic mass is 16.3. The van der Waals surface area contributed by atoms with Gasteiger partial charge in [-0.2, -0.15) is 0 Å². The predicted molar refractivity (Wildman–Crippen MR) is 362 cm³/mol. The van der Waals surface area contributed by atoms with E-state index in [9.17, 15) is 0 Å². The molecule has 0 fully saturated rings. The molecule has 0 saturated carbocycles. The van der Waals surface area contributed by atoms with Gasteiger partial charge in [0.25, 0.3) is 0 Å². The molecule has 11 aromatic carbocycles. The zero-order valence-electron chi connectivity index (χ0n) is 50.2. The zero-order valence-corrected chi connectivity index (χ0v) is 50.2. The Balaban J connectivity index is 1.08. The number of hydrogen-bond acceptors (Lipinski definition) is 3. The summed E-state index contributed by atoms with van der Waals surface area (Å²) >= 11 is 0. The second kappa shape index (κ2) is 20.3. The van der Waals surface area contributed by atoms with Crippen LogP contribution in [-0.2, 0) is 16.2 Å². The van der Waals surface area contributed by atoms with Gasteiger partial charge in [-0.3, -0.25) is 0 Å². The van der Waals surface area contributed by atoms with Gasteiger partial charge in [0, 0.05) is 56.4 Å². The average molecular weight is 1100 g/mol. The minimum atomic E-state index is -0.765. The fourth-order valence-electron chi connectivity index (χ4n) is 13.9. The number of para-hydroxylation sites is 1. The molecule has 1 spiro atoms. The molecule has 0 radical (unpaired) electrons. The predicted octanol–water partition coefficient (Wildman–Crippen LogP) is 23.0. The third kappa shape index (κ3) is 8.70. The van der Waals surface area contributed by atoms with Crippen molar-refractivity contribution >= 4 is 72.4 Å². The van der Waals surface area contributed by atoms with E-state index < -0.39 is 5.41 Å². The molecule has 0 aliphatic heterocycles. The number of anilines is 6. The van der Waals surface area contributed by atoms with Crippen molar-refractivity contribution in [2.75, 3.05) is 9.80 Å². The lowest BCUT2D eigenvalue weighted by Gasteiger charge is -2.36. The summed E-state index contributed by atoms with van der Waals surface area (Å²) in [6.07, 6.45) is 8.05. The number of aryl methyl sites for hydroxylation is 2. The van der Waals surface area contributed by atoms with Crippen molar-refractivity contribution in [1.82, 2.24) is 0 Å². The molecule has 0 atom stereocenters. The maximum atomic E-state index is 7.17. The second-order valence-corrected chi connectivity index (χ2v) is 25.5. The lowest BCUT2D eigenvalue weighted by atomic mass is 9.69. The smallest absolute Gasteiger partial charge is 0.138 e. The van der Waals surface area contributed by atoms with E-state index in [0.717, 1.165) is 66.8 Å². The van der Waals surface area contributed by atoms with E-state index >= 15 is 0 Å². The van der Waals surface area contributed by atoms with Gasteiger partial charge in [-0.15, -0.1) is 0 Å². The van der Waals surface area contributed by atoms with Gasteiger partial charge in [-0.05, 0) is 199 Å². The molecule has 2 aliphatic carbocycles. The van der Waals surface area contributed by atoms with Crippen molar-refractivity contribution in [2.24, 2.45) is 0 Å². The third-order valence-electron chi connectivity index (χ3n) is 18.2. The number of rotatable bonds is 10. The standard InChI is InChI=1S/C82H70N2O/c1-11-12-14-23-52(2)68-49-63(39-32-53(68)3)83(60-42-35-58(36-43-60)80(5,6)7)62-41-34-56-47-70-73(48-57(56)46-62)82(71-29-20-17-26-65(71)66-27-18-21-30-72(66)82)79-74(51-76-77(78(70)79)67-28-19-22-31-75(67)85-76)84(61-44-37-59(38-45-61)81(8,9)10)64-40-33-54(4)69(50-64)55-24-15-13-16-25-55/h11-51H,1H2,2-10H3/b14-12-,52-23+. The highest BCUT2D eigenvalue weighted by Gasteiger charge is 2.54. The summed E-state index contributed by atoms with van der Waals surface area (Å²) in [6.45, 7) is 24.3. The summed E-state index contributed by atoms with van der Waals surface area (Å²) in [6, 6.07) is 84.7. The topological polar surface area (TPSA) is 19.6 Å². The SMILES string of the molecule is C=C/C=C\C=C(/C)c1cc(N(c2ccc(C(C)(C)C)cc2)c2ccc3cc4c(cc3c2)C2(c3ccccc3-c3ccccc32)c2c(N(c3ccc(C(C)(C)C)cc3)c3ccc(C)c(-c5ccccc5)c3)cc3oc5ccccc5c3c2-4)ccc1C. The molecule has 414 valence electrons. The first-order valence-corrected chi connectivity index (χ1v) is 29.9. The summed E-state index contributed by atoms with van der Waals surface area (Å²) in [5.41, 5.74) is 27.2. The Morgan fingerprint density at radius 1 is 0.459 bits per heavy atom. The summed E-state index contributed by atoms with van der Waals surface area (Å²) in [5.74, 6) is 0. The van der Waals surface area contributed by atoms with Gasteiger partial charge >= 0.3 is 0 Å². The van der Waals surface area contributed by atoms with Crippen LogP contribution in [0.4, 0.5) is 34.1 Å². The summed E-state index contributed by atoms with van der Waals surface area (Å²) in [4.78, 5) is 4.97. The summed E-state index contributed by atoms with van der Waals surface area (Å²) in [7, 11) is 0. The van der Waals surface area contributed by atoms with Crippen LogP contribution in [0, 0.1) is 13.8 Å². The van der Waals surface area contributed by atoms with Crippen LogP contribution in [-0.4, -0.2) is 0 Å². The van der Waals surface area contributed by atoms with E-state index in [-0.39, 0.29) is 10.8 Å². The van der Waals surface area contributed by atoms with E-state index in [1.807, 2.05) is 12.2 Å². The number of furan rings is 1. The zero-order chi connectivity index (χ0) is 58.5. The molecule has 0 N–H and O–H groups in total. The van der Waals surface area contributed by atoms with Crippen molar-refractivity contribution in [3.63, 3.8) is 0 Å². The molecule has 3 nitrogen and oxygen atoms in total. The van der Waals surface area contributed by atoms with Crippen LogP contribution in [0.25, 0.3) is 71.7 Å². The van der Waals surface area contributed by atoms with Crippen molar-refractivity contribution in [3.8, 4) is 33.4 Å². The maximum Gasteiger partial charge on any atom is 0.138 e. The van der Waals surface area contributed by atoms with Gasteiger partial charge in [0.15, 0.2) is 0 Å². The highest BCUT2D eigenvalue weighted by Crippen LogP contribution is 2.68. The number of hydrogen-bond donors (Lipinski definition) is 0. The van der Waals surface area contributed by atoms with Gasteiger partial charge in [0.05, 0.1) is 11.1 Å². The average Bonchev–Trinajstić information content (AvgIpc) is 1.50. The molecule has 14 rings (SSSR count). The molecule has 1 aromatic heterocycles. The Bertz CT molecular complexity index is 4660. The second-order valence-electron chi connectivity index (χ2n) is 25.5. The highest BCUT2D eigenvalue weighted by molar-refractivity contribution is 6.19. The first kappa shape index (κ1) is 53.3. The van der Waals surface area contributed by atoms with Crippen LogP contribution < -0.4 is 9.80 Å². The van der Waals surface area contributed by atoms with Crippen LogP contribution >= 0.6 is 0 Å². The van der Waals surface area contributed by atoms with Gasteiger partial charge in [0.2, 0.25) is 0 Å². The minimum Gasteiger partial charge on any atom is -0.456 e. The maximum absolute atomic E-state index is 7.17. The Morgan fingerprint density at radius 2 is 1.02 bits per heavy atom. The molecule has 0 unspecified atom stereocenters. The normalized spacial score (nSPS) is 13.4. The van der Waals surface area contributed by atoms with Gasteiger partial charge in [0.1, 0.15) is 11.2 Å². The Hall–Kier alpha value is -9.70. The fourth-order valence-corrected chi connectivity index (χ4v) is 13.9. The van der Waals surface area contributed by atoms with Crippen molar-refractivity contribution in [3.05, 3.63) is 305 Å². The molecule has 2 aliphatic rings. The molecule has 0 bridgehead atoms. The number of nitrogens with zero attached hydrogens (tertiary/aromatic N) is 2. The number of benzene rings is 11. The lowest BCUT2D eigenvalue weighted by Crippen LogP contribution is -2.28. The molecule has 0 saturated heterocycles. The molecule has 12 aromatic rings. The number of fused-ring (bicyclic) bond motifs is 15. The first-order valence-electron chi connectivity index (χ1n) is 29.9.